The van der Waals surface area contributed by atoms with E-state index in [-0.39, 0.29) is 5.91 Å². The van der Waals surface area contributed by atoms with Gasteiger partial charge < -0.3 is 9.47 Å². The van der Waals surface area contributed by atoms with Crippen molar-refractivity contribution < 1.29 is 4.79 Å². The molecule has 0 spiro atoms. The molecule has 0 unspecified atom stereocenters. The molecule has 27 heavy (non-hydrogen) atoms. The summed E-state index contributed by atoms with van der Waals surface area (Å²) in [6.07, 6.45) is 0. The maximum Gasteiger partial charge on any atom is 0.270 e. The number of nitrogens with zero attached hydrogens (tertiary/aromatic N) is 3. The molecule has 2 heterocycles. The van der Waals surface area contributed by atoms with Crippen LogP contribution in [-0.2, 0) is 13.6 Å². The molecule has 0 N–H and O–H groups in total. The number of hydrogen-bond donors (Lipinski definition) is 0. The highest BCUT2D eigenvalue weighted by Crippen LogP contribution is 2.27. The molecule has 1 aliphatic rings. The highest BCUT2D eigenvalue weighted by Gasteiger charge is 2.25. The van der Waals surface area contributed by atoms with Crippen molar-refractivity contribution in [2.75, 3.05) is 26.2 Å². The lowest BCUT2D eigenvalue weighted by Crippen LogP contribution is -2.48. The molecule has 4 nitrogen and oxygen atoms in total. The minimum atomic E-state index is 0.0657. The molecule has 1 aromatic heterocycles. The van der Waals surface area contributed by atoms with Crippen LogP contribution in [0.2, 0.25) is 10.0 Å². The van der Waals surface area contributed by atoms with Crippen molar-refractivity contribution in [2.45, 2.75) is 6.54 Å². The van der Waals surface area contributed by atoms with E-state index in [0.717, 1.165) is 48.6 Å². The predicted molar refractivity (Wildman–Crippen MR) is 111 cm³/mol. The van der Waals surface area contributed by atoms with Gasteiger partial charge >= 0.3 is 0 Å². The van der Waals surface area contributed by atoms with E-state index in [2.05, 4.69) is 17.0 Å². The van der Waals surface area contributed by atoms with Gasteiger partial charge in [-0.1, -0.05) is 41.4 Å². The lowest BCUT2D eigenvalue weighted by atomic mass is 10.2. The maximum absolute atomic E-state index is 13.0. The Bertz CT molecular complexity index is 973. The summed E-state index contributed by atoms with van der Waals surface area (Å²) in [7, 11) is 1.92. The molecule has 1 amide bonds. The topological polar surface area (TPSA) is 28.5 Å². The zero-order valence-corrected chi connectivity index (χ0v) is 16.7. The van der Waals surface area contributed by atoms with Crippen LogP contribution in [0.5, 0.6) is 0 Å². The fourth-order valence-corrected chi connectivity index (χ4v) is 4.00. The summed E-state index contributed by atoms with van der Waals surface area (Å²) in [5, 5.41) is 2.35. The van der Waals surface area contributed by atoms with E-state index in [1.807, 2.05) is 52.9 Å². The molecule has 6 heteroatoms. The SMILES string of the molecule is Cn1c(C(=O)N2CCN(Cc3ccc(Cl)cc3)CC2)cc2c(Cl)cccc21. The summed E-state index contributed by atoms with van der Waals surface area (Å²) >= 11 is 12.2. The van der Waals surface area contributed by atoms with E-state index in [1.54, 1.807) is 0 Å². The molecular formula is C21H21Cl2N3O. The molecule has 0 aliphatic carbocycles. The molecule has 1 fully saturated rings. The zero-order chi connectivity index (χ0) is 19.0. The second-order valence-corrected chi connectivity index (χ2v) is 7.80. The molecule has 1 aliphatic heterocycles. The standard InChI is InChI=1S/C21H21Cl2N3O/c1-24-19-4-2-3-18(23)17(19)13-20(24)21(27)26-11-9-25(10-12-26)14-15-5-7-16(22)8-6-15/h2-8,13H,9-12,14H2,1H3. The van der Waals surface area contributed by atoms with Crippen LogP contribution in [-0.4, -0.2) is 46.5 Å². The number of carbonyl (C=O) groups is 1. The lowest BCUT2D eigenvalue weighted by Gasteiger charge is -2.34. The zero-order valence-electron chi connectivity index (χ0n) is 15.2. The van der Waals surface area contributed by atoms with Crippen LogP contribution in [0, 0.1) is 0 Å². The number of carbonyl (C=O) groups excluding carboxylic acids is 1. The quantitative estimate of drug-likeness (QED) is 0.648. The third-order valence-electron chi connectivity index (χ3n) is 5.23. The normalized spacial score (nSPS) is 15.4. The van der Waals surface area contributed by atoms with Gasteiger partial charge in [0, 0.05) is 60.7 Å². The van der Waals surface area contributed by atoms with Crippen molar-refractivity contribution in [3.63, 3.8) is 0 Å². The van der Waals surface area contributed by atoms with Crippen molar-refractivity contribution in [1.82, 2.24) is 14.4 Å². The fourth-order valence-electron chi connectivity index (χ4n) is 3.65. The first-order valence-corrected chi connectivity index (χ1v) is 9.78. The number of piperazine rings is 1. The molecule has 0 saturated carbocycles. The summed E-state index contributed by atoms with van der Waals surface area (Å²) < 4.78 is 1.93. The highest BCUT2D eigenvalue weighted by atomic mass is 35.5. The molecule has 2 aromatic carbocycles. The number of benzene rings is 2. The van der Waals surface area contributed by atoms with E-state index in [1.165, 1.54) is 5.56 Å². The summed E-state index contributed by atoms with van der Waals surface area (Å²) in [5.74, 6) is 0.0657. The fraction of sp³-hybridized carbons (Fsp3) is 0.286. The predicted octanol–water partition coefficient (Wildman–Crippen LogP) is 4.44. The van der Waals surface area contributed by atoms with Crippen LogP contribution in [0.4, 0.5) is 0 Å². The van der Waals surface area contributed by atoms with Gasteiger partial charge in [0.05, 0.1) is 0 Å². The smallest absolute Gasteiger partial charge is 0.270 e. The monoisotopic (exact) mass is 401 g/mol. The Labute approximate surface area is 168 Å². The average Bonchev–Trinajstić information content (AvgIpc) is 3.02. The van der Waals surface area contributed by atoms with Crippen molar-refractivity contribution in [3.05, 3.63) is 69.8 Å². The molecule has 3 aromatic rings. The summed E-state index contributed by atoms with van der Waals surface area (Å²) in [6.45, 7) is 4.05. The van der Waals surface area contributed by atoms with Crippen LogP contribution >= 0.6 is 23.2 Å². The Morgan fingerprint density at radius 1 is 1.00 bits per heavy atom. The Balaban J connectivity index is 1.44. The van der Waals surface area contributed by atoms with Gasteiger partial charge in [-0.25, -0.2) is 0 Å². The second kappa shape index (κ2) is 7.55. The van der Waals surface area contributed by atoms with Crippen LogP contribution in [0.1, 0.15) is 16.1 Å². The molecule has 0 radical (unpaired) electrons. The molecule has 0 atom stereocenters. The Morgan fingerprint density at radius 2 is 1.70 bits per heavy atom. The Morgan fingerprint density at radius 3 is 2.37 bits per heavy atom. The maximum atomic E-state index is 13.0. The van der Waals surface area contributed by atoms with E-state index >= 15 is 0 Å². The van der Waals surface area contributed by atoms with Crippen molar-refractivity contribution in [3.8, 4) is 0 Å². The van der Waals surface area contributed by atoms with Gasteiger partial charge in [-0.15, -0.1) is 0 Å². The van der Waals surface area contributed by atoms with Gasteiger partial charge in [-0.3, -0.25) is 9.69 Å². The average molecular weight is 402 g/mol. The lowest BCUT2D eigenvalue weighted by molar-refractivity contribution is 0.0619. The molecule has 140 valence electrons. The third kappa shape index (κ3) is 3.70. The molecule has 1 saturated heterocycles. The molecule has 0 bridgehead atoms. The van der Waals surface area contributed by atoms with E-state index in [4.69, 9.17) is 23.2 Å². The summed E-state index contributed by atoms with van der Waals surface area (Å²) in [5.41, 5.74) is 2.90. The number of hydrogen-bond acceptors (Lipinski definition) is 2. The van der Waals surface area contributed by atoms with Crippen LogP contribution in [0.3, 0.4) is 0 Å². The van der Waals surface area contributed by atoms with Gasteiger partial charge in [-0.2, -0.15) is 0 Å². The number of halogens is 2. The van der Waals surface area contributed by atoms with Crippen LogP contribution in [0.25, 0.3) is 10.9 Å². The van der Waals surface area contributed by atoms with E-state index in [9.17, 15) is 4.79 Å². The first kappa shape index (κ1) is 18.4. The first-order valence-electron chi connectivity index (χ1n) is 9.03. The van der Waals surface area contributed by atoms with Gasteiger partial charge in [0.1, 0.15) is 5.69 Å². The minimum absolute atomic E-state index is 0.0657. The van der Waals surface area contributed by atoms with Crippen LogP contribution < -0.4 is 0 Å². The minimum Gasteiger partial charge on any atom is -0.340 e. The van der Waals surface area contributed by atoms with Crippen molar-refractivity contribution >= 4 is 40.0 Å². The number of fused-ring (bicyclic) bond motifs is 1. The Kier molecular flexibility index (Phi) is 5.13. The second-order valence-electron chi connectivity index (χ2n) is 6.96. The van der Waals surface area contributed by atoms with Gasteiger partial charge in [0.25, 0.3) is 5.91 Å². The van der Waals surface area contributed by atoms with Gasteiger partial charge in [0.2, 0.25) is 0 Å². The van der Waals surface area contributed by atoms with Gasteiger partial charge in [0.15, 0.2) is 0 Å². The number of aryl methyl sites for hydroxylation is 1. The van der Waals surface area contributed by atoms with Crippen LogP contribution in [0.15, 0.2) is 48.5 Å². The number of aromatic nitrogens is 1. The van der Waals surface area contributed by atoms with Gasteiger partial charge in [-0.05, 0) is 35.9 Å². The van der Waals surface area contributed by atoms with Crippen molar-refractivity contribution in [2.24, 2.45) is 7.05 Å². The molecule has 4 rings (SSSR count). The van der Waals surface area contributed by atoms with E-state index < -0.39 is 0 Å². The largest absolute Gasteiger partial charge is 0.340 e. The van der Waals surface area contributed by atoms with Crippen molar-refractivity contribution in [1.29, 1.82) is 0 Å². The Hall–Kier alpha value is -2.01. The summed E-state index contributed by atoms with van der Waals surface area (Å²) in [6, 6.07) is 15.6. The van der Waals surface area contributed by atoms with E-state index in [0.29, 0.717) is 10.7 Å². The number of amides is 1. The number of rotatable bonds is 3. The molecular weight excluding hydrogens is 381 g/mol. The summed E-state index contributed by atoms with van der Waals surface area (Å²) in [4.78, 5) is 17.3. The highest BCUT2D eigenvalue weighted by molar-refractivity contribution is 6.35. The third-order valence-corrected chi connectivity index (χ3v) is 5.81. The first-order chi connectivity index (χ1) is 13.0.